The van der Waals surface area contributed by atoms with Crippen molar-refractivity contribution in [2.75, 3.05) is 6.61 Å². The van der Waals surface area contributed by atoms with Gasteiger partial charge >= 0.3 is 0 Å². The highest BCUT2D eigenvalue weighted by Crippen LogP contribution is 2.28. The summed E-state index contributed by atoms with van der Waals surface area (Å²) in [6.07, 6.45) is 2.67. The number of rotatable bonds is 6. The molecular formula is C24H32N2O2. The van der Waals surface area contributed by atoms with Gasteiger partial charge in [0.15, 0.2) is 0 Å². The van der Waals surface area contributed by atoms with Crippen LogP contribution in [0, 0.1) is 0 Å². The zero-order valence-electron chi connectivity index (χ0n) is 17.4. The van der Waals surface area contributed by atoms with Crippen molar-refractivity contribution < 1.29 is 9.53 Å². The Morgan fingerprint density at radius 1 is 1.00 bits per heavy atom. The Morgan fingerprint density at radius 2 is 1.61 bits per heavy atom. The summed E-state index contributed by atoms with van der Waals surface area (Å²) in [7, 11) is 0. The lowest BCUT2D eigenvalue weighted by atomic mass is 9.79. The minimum Gasteiger partial charge on any atom is -0.493 e. The van der Waals surface area contributed by atoms with Gasteiger partial charge in [0.2, 0.25) is 0 Å². The summed E-state index contributed by atoms with van der Waals surface area (Å²) in [4.78, 5) is 12.7. The molecule has 2 aromatic rings. The molecule has 1 fully saturated rings. The van der Waals surface area contributed by atoms with E-state index in [0.29, 0.717) is 12.2 Å². The maximum atomic E-state index is 12.7. The van der Waals surface area contributed by atoms with Crippen LogP contribution in [0.1, 0.15) is 56.5 Å². The summed E-state index contributed by atoms with van der Waals surface area (Å²) in [6.45, 7) is 9.40. The number of benzene rings is 2. The highest BCUT2D eigenvalue weighted by molar-refractivity contribution is 5.94. The van der Waals surface area contributed by atoms with Crippen molar-refractivity contribution in [1.82, 2.24) is 10.6 Å². The highest BCUT2D eigenvalue weighted by atomic mass is 16.5. The Bertz CT molecular complexity index is 766. The van der Waals surface area contributed by atoms with Crippen LogP contribution in [0.15, 0.2) is 54.6 Å². The average molecular weight is 381 g/mol. The average Bonchev–Trinajstić information content (AvgIpc) is 2.60. The molecular weight excluding hydrogens is 348 g/mol. The van der Waals surface area contributed by atoms with Crippen LogP contribution in [0.25, 0.3) is 0 Å². The lowest BCUT2D eigenvalue weighted by molar-refractivity contribution is 0.0873. The van der Waals surface area contributed by atoms with Gasteiger partial charge in [0.1, 0.15) is 5.75 Å². The Labute approximate surface area is 168 Å². The highest BCUT2D eigenvalue weighted by Gasteiger charge is 2.38. The molecule has 28 heavy (non-hydrogen) atoms. The van der Waals surface area contributed by atoms with Gasteiger partial charge < -0.3 is 15.4 Å². The van der Waals surface area contributed by atoms with Gasteiger partial charge in [0.05, 0.1) is 6.61 Å². The Hall–Kier alpha value is -2.33. The van der Waals surface area contributed by atoms with Crippen LogP contribution in [-0.2, 0) is 6.42 Å². The van der Waals surface area contributed by atoms with Crippen LogP contribution in [-0.4, -0.2) is 29.6 Å². The Morgan fingerprint density at radius 3 is 2.21 bits per heavy atom. The van der Waals surface area contributed by atoms with Gasteiger partial charge in [0, 0.05) is 29.1 Å². The second-order valence-electron chi connectivity index (χ2n) is 9.08. The van der Waals surface area contributed by atoms with Gasteiger partial charge in [-0.15, -0.1) is 0 Å². The second kappa shape index (κ2) is 8.36. The van der Waals surface area contributed by atoms with E-state index in [4.69, 9.17) is 4.74 Å². The smallest absolute Gasteiger partial charge is 0.251 e. The molecule has 1 aliphatic heterocycles. The molecule has 0 aromatic heterocycles. The fourth-order valence-electron chi connectivity index (χ4n) is 4.32. The van der Waals surface area contributed by atoms with Crippen molar-refractivity contribution in [3.05, 3.63) is 65.7 Å². The number of hydrogen-bond acceptors (Lipinski definition) is 3. The van der Waals surface area contributed by atoms with E-state index in [1.807, 2.05) is 54.6 Å². The number of para-hydroxylation sites is 1. The summed E-state index contributed by atoms with van der Waals surface area (Å²) in [5.41, 5.74) is 1.91. The SMILES string of the molecule is CC1(C)CC(NC(=O)c2ccc(CCOc3ccccc3)cc2)CC(C)(C)N1. The van der Waals surface area contributed by atoms with Crippen molar-refractivity contribution in [2.24, 2.45) is 0 Å². The molecule has 0 atom stereocenters. The summed E-state index contributed by atoms with van der Waals surface area (Å²) in [6, 6.07) is 17.8. The largest absolute Gasteiger partial charge is 0.493 e. The Kier molecular flexibility index (Phi) is 6.09. The van der Waals surface area contributed by atoms with Gasteiger partial charge in [-0.25, -0.2) is 0 Å². The van der Waals surface area contributed by atoms with E-state index in [1.54, 1.807) is 0 Å². The van der Waals surface area contributed by atoms with Crippen molar-refractivity contribution in [3.63, 3.8) is 0 Å². The normalized spacial score (nSPS) is 18.4. The van der Waals surface area contributed by atoms with E-state index in [0.717, 1.165) is 30.6 Å². The standard InChI is InChI=1S/C24H32N2O2/c1-23(2)16-20(17-24(3,4)26-23)25-22(27)19-12-10-18(11-13-19)14-15-28-21-8-6-5-7-9-21/h5-13,20,26H,14-17H2,1-4H3,(H,25,27). The van der Waals surface area contributed by atoms with Crippen molar-refractivity contribution in [3.8, 4) is 5.75 Å². The van der Waals surface area contributed by atoms with Gasteiger partial charge in [0.25, 0.3) is 5.91 Å². The molecule has 0 unspecified atom stereocenters. The minimum atomic E-state index is 0.00517. The molecule has 0 saturated carbocycles. The van der Waals surface area contributed by atoms with E-state index in [2.05, 4.69) is 38.3 Å². The molecule has 0 aliphatic carbocycles. The maximum absolute atomic E-state index is 12.7. The van der Waals surface area contributed by atoms with Crippen LogP contribution in [0.5, 0.6) is 5.75 Å². The molecule has 1 heterocycles. The van der Waals surface area contributed by atoms with Gasteiger partial charge in [-0.1, -0.05) is 30.3 Å². The van der Waals surface area contributed by atoms with Gasteiger partial charge in [-0.2, -0.15) is 0 Å². The van der Waals surface area contributed by atoms with E-state index >= 15 is 0 Å². The topological polar surface area (TPSA) is 50.4 Å². The first-order chi connectivity index (χ1) is 13.2. The molecule has 4 nitrogen and oxygen atoms in total. The quantitative estimate of drug-likeness (QED) is 0.783. The maximum Gasteiger partial charge on any atom is 0.251 e. The first kappa shape index (κ1) is 20.4. The lowest BCUT2D eigenvalue weighted by Crippen LogP contribution is -2.62. The molecule has 1 saturated heterocycles. The van der Waals surface area contributed by atoms with Crippen LogP contribution in [0.2, 0.25) is 0 Å². The number of nitrogens with one attached hydrogen (secondary N) is 2. The molecule has 4 heteroatoms. The van der Waals surface area contributed by atoms with E-state index in [9.17, 15) is 4.79 Å². The zero-order chi connectivity index (χ0) is 20.2. The van der Waals surface area contributed by atoms with Crippen LogP contribution in [0.4, 0.5) is 0 Å². The predicted molar refractivity (Wildman–Crippen MR) is 114 cm³/mol. The first-order valence-electron chi connectivity index (χ1n) is 10.1. The minimum absolute atomic E-state index is 0.00517. The van der Waals surface area contributed by atoms with Crippen molar-refractivity contribution in [2.45, 2.75) is 64.1 Å². The van der Waals surface area contributed by atoms with E-state index < -0.39 is 0 Å². The van der Waals surface area contributed by atoms with Gasteiger partial charge in [-0.05, 0) is 70.4 Å². The number of hydrogen-bond donors (Lipinski definition) is 2. The van der Waals surface area contributed by atoms with E-state index in [1.165, 1.54) is 0 Å². The molecule has 1 amide bonds. The van der Waals surface area contributed by atoms with Crippen molar-refractivity contribution in [1.29, 1.82) is 0 Å². The fraction of sp³-hybridized carbons (Fsp3) is 0.458. The van der Waals surface area contributed by atoms with Crippen LogP contribution in [0.3, 0.4) is 0 Å². The third kappa shape index (κ3) is 5.83. The fourth-order valence-corrected chi connectivity index (χ4v) is 4.32. The summed E-state index contributed by atoms with van der Waals surface area (Å²) in [5, 5.41) is 6.88. The monoisotopic (exact) mass is 380 g/mol. The molecule has 1 aliphatic rings. The third-order valence-electron chi connectivity index (χ3n) is 5.14. The Balaban J connectivity index is 1.52. The number of carbonyl (C=O) groups excluding carboxylic acids is 1. The van der Waals surface area contributed by atoms with Crippen LogP contribution >= 0.6 is 0 Å². The molecule has 0 bridgehead atoms. The molecule has 3 rings (SSSR count). The number of carbonyl (C=O) groups is 1. The van der Waals surface area contributed by atoms with Gasteiger partial charge in [-0.3, -0.25) is 4.79 Å². The summed E-state index contributed by atoms with van der Waals surface area (Å²) < 4.78 is 5.74. The molecule has 0 radical (unpaired) electrons. The predicted octanol–water partition coefficient (Wildman–Crippen LogP) is 4.35. The second-order valence-corrected chi connectivity index (χ2v) is 9.08. The number of amides is 1. The third-order valence-corrected chi connectivity index (χ3v) is 5.14. The molecule has 0 spiro atoms. The first-order valence-corrected chi connectivity index (χ1v) is 10.1. The number of piperidine rings is 1. The molecule has 2 N–H and O–H groups in total. The summed E-state index contributed by atoms with van der Waals surface area (Å²) >= 11 is 0. The zero-order valence-corrected chi connectivity index (χ0v) is 17.4. The lowest BCUT2D eigenvalue weighted by Gasteiger charge is -2.46. The van der Waals surface area contributed by atoms with Crippen molar-refractivity contribution >= 4 is 5.91 Å². The van der Waals surface area contributed by atoms with E-state index in [-0.39, 0.29) is 23.0 Å². The molecule has 150 valence electrons. The summed E-state index contributed by atoms with van der Waals surface area (Å²) in [5.74, 6) is 0.886. The van der Waals surface area contributed by atoms with Crippen LogP contribution < -0.4 is 15.4 Å². The number of ether oxygens (including phenoxy) is 1. The molecule has 2 aromatic carbocycles.